The third-order valence-electron chi connectivity index (χ3n) is 6.71. The number of carbonyl (C=O) groups is 3. The molecule has 2 atom stereocenters. The van der Waals surface area contributed by atoms with Gasteiger partial charge in [-0.3, -0.25) is 9.59 Å². The Bertz CT molecular complexity index is 937. The van der Waals surface area contributed by atoms with Crippen LogP contribution in [-0.2, 0) is 24.2 Å². The maximum Gasteiger partial charge on any atom is 0.329 e. The summed E-state index contributed by atoms with van der Waals surface area (Å²) < 4.78 is 34.6. The molecule has 0 aromatic carbocycles. The van der Waals surface area contributed by atoms with Crippen LogP contribution in [0.3, 0.4) is 0 Å². The molecule has 10 heteroatoms. The molecule has 32 heavy (non-hydrogen) atoms. The Labute approximate surface area is 188 Å². The minimum Gasteiger partial charge on any atom is -0.459 e. The van der Waals surface area contributed by atoms with E-state index in [0.717, 1.165) is 32.1 Å². The zero-order valence-corrected chi connectivity index (χ0v) is 18.9. The molecule has 1 aliphatic carbocycles. The summed E-state index contributed by atoms with van der Waals surface area (Å²) in [6.07, 6.45) is 7.73. The minimum atomic E-state index is -3.15. The number of esters is 1. The molecule has 1 aromatic heterocycles. The van der Waals surface area contributed by atoms with Gasteiger partial charge in [0, 0.05) is 18.6 Å². The van der Waals surface area contributed by atoms with E-state index >= 15 is 0 Å². The van der Waals surface area contributed by atoms with E-state index in [2.05, 4.69) is 0 Å². The molecule has 0 spiro atoms. The largest absolute Gasteiger partial charge is 0.459 e. The van der Waals surface area contributed by atoms with E-state index < -0.39 is 28.5 Å². The number of rotatable bonds is 6. The molecule has 1 aromatic rings. The van der Waals surface area contributed by atoms with E-state index in [9.17, 15) is 22.8 Å². The third kappa shape index (κ3) is 5.00. The monoisotopic (exact) mass is 466 g/mol. The minimum absolute atomic E-state index is 0.0169. The third-order valence-corrected chi connectivity index (χ3v) is 8.46. The molecule has 0 radical (unpaired) electrons. The van der Waals surface area contributed by atoms with E-state index in [0.29, 0.717) is 25.8 Å². The standard InChI is InChI=1S/C22H30N2O7S/c25-20(24(16-6-2-1-3-7-16)17-10-13-32(28,29)15-17)14-31-22(27)18-8-4-11-23(18)21(26)19-9-5-12-30-19/h5,9,12,16-18H,1-4,6-8,10-11,13-15H2/t17?,18-/m0/s1. The highest BCUT2D eigenvalue weighted by Gasteiger charge is 2.40. The number of hydrogen-bond acceptors (Lipinski definition) is 7. The molecule has 2 amide bonds. The van der Waals surface area contributed by atoms with Gasteiger partial charge in [0.2, 0.25) is 0 Å². The van der Waals surface area contributed by atoms with E-state index in [-0.39, 0.29) is 41.2 Å². The van der Waals surface area contributed by atoms with Crippen molar-refractivity contribution >= 4 is 27.6 Å². The fourth-order valence-corrected chi connectivity index (χ4v) is 6.87. The van der Waals surface area contributed by atoms with Crippen LogP contribution in [0.2, 0.25) is 0 Å². The van der Waals surface area contributed by atoms with Gasteiger partial charge in [-0.1, -0.05) is 19.3 Å². The molecule has 9 nitrogen and oxygen atoms in total. The Balaban J connectivity index is 1.39. The molecule has 1 unspecified atom stereocenters. The van der Waals surface area contributed by atoms with Gasteiger partial charge in [0.05, 0.1) is 17.8 Å². The fraction of sp³-hybridized carbons (Fsp3) is 0.682. The van der Waals surface area contributed by atoms with Crippen molar-refractivity contribution in [3.05, 3.63) is 24.2 Å². The number of likely N-dealkylation sites (tertiary alicyclic amines) is 1. The van der Waals surface area contributed by atoms with Crippen molar-refractivity contribution in [3.8, 4) is 0 Å². The summed E-state index contributed by atoms with van der Waals surface area (Å²) in [7, 11) is -3.15. The molecule has 1 saturated carbocycles. The normalized spacial score (nSPS) is 25.6. The summed E-state index contributed by atoms with van der Waals surface area (Å²) in [5, 5.41) is 0. The Kier molecular flexibility index (Phi) is 6.88. The number of furan rings is 1. The van der Waals surface area contributed by atoms with Crippen molar-refractivity contribution in [2.24, 2.45) is 0 Å². The summed E-state index contributed by atoms with van der Waals surface area (Å²) in [6.45, 7) is -0.0213. The van der Waals surface area contributed by atoms with Crippen molar-refractivity contribution in [3.63, 3.8) is 0 Å². The quantitative estimate of drug-likeness (QED) is 0.587. The lowest BCUT2D eigenvalue weighted by atomic mass is 9.93. The zero-order chi connectivity index (χ0) is 22.7. The van der Waals surface area contributed by atoms with Crippen LogP contribution in [0, 0.1) is 0 Å². The first-order valence-electron chi connectivity index (χ1n) is 11.4. The lowest BCUT2D eigenvalue weighted by Crippen LogP contribution is -2.50. The van der Waals surface area contributed by atoms with Gasteiger partial charge in [-0.25, -0.2) is 13.2 Å². The summed E-state index contributed by atoms with van der Waals surface area (Å²) in [5.74, 6) is -1.13. The first kappa shape index (κ1) is 22.8. The molecule has 2 saturated heterocycles. The van der Waals surface area contributed by atoms with Crippen LogP contribution in [0.15, 0.2) is 22.8 Å². The lowest BCUT2D eigenvalue weighted by molar-refractivity contribution is -0.157. The van der Waals surface area contributed by atoms with Crippen molar-refractivity contribution in [1.29, 1.82) is 0 Å². The molecule has 176 valence electrons. The van der Waals surface area contributed by atoms with E-state index in [4.69, 9.17) is 9.15 Å². The summed E-state index contributed by atoms with van der Waals surface area (Å²) >= 11 is 0. The predicted octanol–water partition coefficient (Wildman–Crippen LogP) is 1.78. The number of nitrogens with zero attached hydrogens (tertiary/aromatic N) is 2. The summed E-state index contributed by atoms with van der Waals surface area (Å²) in [6, 6.07) is 2.02. The Hall–Kier alpha value is -2.36. The average Bonchev–Trinajstić information content (AvgIpc) is 3.54. The van der Waals surface area contributed by atoms with Gasteiger partial charge in [-0.15, -0.1) is 0 Å². The maximum absolute atomic E-state index is 13.1. The second-order valence-corrected chi connectivity index (χ2v) is 11.1. The molecule has 3 aliphatic rings. The highest BCUT2D eigenvalue weighted by atomic mass is 32.2. The highest BCUT2D eigenvalue weighted by molar-refractivity contribution is 7.91. The molecule has 0 bridgehead atoms. The van der Waals surface area contributed by atoms with Crippen LogP contribution < -0.4 is 0 Å². The van der Waals surface area contributed by atoms with Crippen molar-refractivity contribution < 1.29 is 32.0 Å². The van der Waals surface area contributed by atoms with Gasteiger partial charge in [0.15, 0.2) is 22.2 Å². The fourth-order valence-electron chi connectivity index (χ4n) is 5.16. The number of carbonyl (C=O) groups excluding carboxylic acids is 3. The van der Waals surface area contributed by atoms with Gasteiger partial charge in [0.1, 0.15) is 6.04 Å². The predicted molar refractivity (Wildman–Crippen MR) is 115 cm³/mol. The van der Waals surface area contributed by atoms with Crippen molar-refractivity contribution in [2.45, 2.75) is 69.5 Å². The van der Waals surface area contributed by atoms with Crippen molar-refractivity contribution in [2.75, 3.05) is 24.7 Å². The average molecular weight is 467 g/mol. The Morgan fingerprint density at radius 3 is 2.50 bits per heavy atom. The topological polar surface area (TPSA) is 114 Å². The first-order valence-corrected chi connectivity index (χ1v) is 13.2. The molecular weight excluding hydrogens is 436 g/mol. The smallest absolute Gasteiger partial charge is 0.329 e. The van der Waals surface area contributed by atoms with Crippen molar-refractivity contribution in [1.82, 2.24) is 9.80 Å². The van der Waals surface area contributed by atoms with Crippen LogP contribution in [-0.4, -0.2) is 78.8 Å². The van der Waals surface area contributed by atoms with Gasteiger partial charge in [-0.05, 0) is 44.2 Å². The van der Waals surface area contributed by atoms with Gasteiger partial charge >= 0.3 is 5.97 Å². The number of hydrogen-bond donors (Lipinski definition) is 0. The highest BCUT2D eigenvalue weighted by Crippen LogP contribution is 2.29. The SMILES string of the molecule is O=C(OCC(=O)N(C1CCCCC1)C1CCS(=O)(=O)C1)[C@@H]1CCCN1C(=O)c1ccco1. The van der Waals surface area contributed by atoms with E-state index in [1.165, 1.54) is 11.2 Å². The number of sulfone groups is 1. The molecule has 4 rings (SSSR count). The maximum atomic E-state index is 13.1. The zero-order valence-electron chi connectivity index (χ0n) is 18.1. The van der Waals surface area contributed by atoms with Gasteiger partial charge < -0.3 is 19.0 Å². The molecule has 3 heterocycles. The van der Waals surface area contributed by atoms with Crippen LogP contribution in [0.25, 0.3) is 0 Å². The number of amides is 2. The van der Waals surface area contributed by atoms with Crippen LogP contribution in [0.4, 0.5) is 0 Å². The van der Waals surface area contributed by atoms with Crippen LogP contribution >= 0.6 is 0 Å². The Morgan fingerprint density at radius 1 is 1.06 bits per heavy atom. The molecular formula is C22H30N2O7S. The van der Waals surface area contributed by atoms with Crippen LogP contribution in [0.5, 0.6) is 0 Å². The second kappa shape index (κ2) is 9.64. The summed E-state index contributed by atoms with van der Waals surface area (Å²) in [5.41, 5.74) is 0. The van der Waals surface area contributed by atoms with Crippen LogP contribution in [0.1, 0.15) is 61.9 Å². The Morgan fingerprint density at radius 2 is 1.84 bits per heavy atom. The molecule has 2 aliphatic heterocycles. The van der Waals surface area contributed by atoms with Gasteiger partial charge in [-0.2, -0.15) is 0 Å². The van der Waals surface area contributed by atoms with Gasteiger partial charge in [0.25, 0.3) is 11.8 Å². The first-order chi connectivity index (χ1) is 15.4. The molecule has 0 N–H and O–H groups in total. The second-order valence-electron chi connectivity index (χ2n) is 8.89. The van der Waals surface area contributed by atoms with E-state index in [1.54, 1.807) is 17.0 Å². The number of ether oxygens (including phenoxy) is 1. The summed E-state index contributed by atoms with van der Waals surface area (Å²) in [4.78, 5) is 41.6. The van der Waals surface area contributed by atoms with E-state index in [1.807, 2.05) is 0 Å². The lowest BCUT2D eigenvalue weighted by Gasteiger charge is -2.38. The molecule has 3 fully saturated rings.